The van der Waals surface area contributed by atoms with Crippen LogP contribution in [-0.2, 0) is 19.1 Å². The van der Waals surface area contributed by atoms with Gasteiger partial charge in [0.1, 0.15) is 0 Å². The van der Waals surface area contributed by atoms with Gasteiger partial charge < -0.3 is 24.1 Å². The number of carboxylic acid groups (broad SMARTS) is 1. The molecule has 1 fully saturated rings. The number of amides is 1. The van der Waals surface area contributed by atoms with Crippen molar-refractivity contribution in [3.63, 3.8) is 0 Å². The van der Waals surface area contributed by atoms with Gasteiger partial charge in [-0.2, -0.15) is 5.10 Å². The molecular weight excluding hydrogens is 368 g/mol. The molecule has 26 heavy (non-hydrogen) atoms. The largest absolute Gasteiger partial charge is 0.493 e. The lowest BCUT2D eigenvalue weighted by Gasteiger charge is -2.20. The Bertz CT molecular complexity index is 702. The quantitative estimate of drug-likeness (QED) is 0.512. The van der Waals surface area contributed by atoms with Gasteiger partial charge in [-0.1, -0.05) is 11.6 Å². The summed E-state index contributed by atoms with van der Waals surface area (Å²) in [5.41, 5.74) is 2.90. The van der Waals surface area contributed by atoms with E-state index in [-0.39, 0.29) is 28.8 Å². The number of nitrogens with one attached hydrogen (secondary N) is 1. The topological polar surface area (TPSA) is 116 Å². The van der Waals surface area contributed by atoms with Crippen molar-refractivity contribution in [3.8, 4) is 11.5 Å². The first-order valence-electron chi connectivity index (χ1n) is 7.65. The number of nitrogens with zero attached hydrogens (tertiary/aromatic N) is 1. The van der Waals surface area contributed by atoms with Gasteiger partial charge in [-0.25, -0.2) is 10.2 Å². The van der Waals surface area contributed by atoms with Gasteiger partial charge in [0.05, 0.1) is 38.0 Å². The molecule has 0 spiro atoms. The third-order valence-corrected chi connectivity index (χ3v) is 3.66. The number of hydrogen-bond donors (Lipinski definition) is 2. The second kappa shape index (κ2) is 8.84. The summed E-state index contributed by atoms with van der Waals surface area (Å²) in [4.78, 5) is 22.5. The van der Waals surface area contributed by atoms with Crippen LogP contribution in [0, 0.1) is 0 Å². The molecule has 1 amide bonds. The number of methoxy groups -OCH3 is 1. The Kier molecular flexibility index (Phi) is 6.78. The summed E-state index contributed by atoms with van der Waals surface area (Å²) in [5, 5.41) is 12.7. The Labute approximate surface area is 154 Å². The van der Waals surface area contributed by atoms with Gasteiger partial charge in [0, 0.05) is 0 Å². The van der Waals surface area contributed by atoms with Crippen molar-refractivity contribution in [2.45, 2.75) is 19.1 Å². The second-order valence-corrected chi connectivity index (χ2v) is 5.92. The molecule has 0 saturated carbocycles. The molecule has 10 heteroatoms. The summed E-state index contributed by atoms with van der Waals surface area (Å²) in [7, 11) is 1.39. The zero-order chi connectivity index (χ0) is 19.2. The fraction of sp³-hybridized carbons (Fsp3) is 0.438. The third kappa shape index (κ3) is 5.58. The fourth-order valence-corrected chi connectivity index (χ4v) is 2.53. The fourth-order valence-electron chi connectivity index (χ4n) is 2.26. The molecule has 1 aliphatic heterocycles. The van der Waals surface area contributed by atoms with Crippen LogP contribution in [0.2, 0.25) is 5.02 Å². The summed E-state index contributed by atoms with van der Waals surface area (Å²) in [6, 6.07) is 3.05. The molecule has 1 aromatic rings. The Morgan fingerprint density at radius 2 is 2.12 bits per heavy atom. The maximum absolute atomic E-state index is 11.9. The maximum atomic E-state index is 11.9. The summed E-state index contributed by atoms with van der Waals surface area (Å²) < 4.78 is 20.9. The molecule has 2 N–H and O–H groups in total. The summed E-state index contributed by atoms with van der Waals surface area (Å²) in [6.07, 6.45) is 1.38. The van der Waals surface area contributed by atoms with Crippen molar-refractivity contribution in [1.29, 1.82) is 0 Å². The molecule has 0 atom stereocenters. The van der Waals surface area contributed by atoms with E-state index in [4.69, 9.17) is 35.7 Å². The number of hydrazone groups is 1. The number of ether oxygens (including phenoxy) is 4. The molecule has 9 nitrogen and oxygen atoms in total. The van der Waals surface area contributed by atoms with E-state index >= 15 is 0 Å². The Balaban J connectivity index is 1.99. The first-order valence-corrected chi connectivity index (χ1v) is 8.03. The van der Waals surface area contributed by atoms with E-state index in [9.17, 15) is 9.59 Å². The zero-order valence-corrected chi connectivity index (χ0v) is 15.0. The predicted molar refractivity (Wildman–Crippen MR) is 91.8 cm³/mol. The zero-order valence-electron chi connectivity index (χ0n) is 14.3. The summed E-state index contributed by atoms with van der Waals surface area (Å²) >= 11 is 6.09. The first-order chi connectivity index (χ1) is 12.3. The number of carbonyl (C=O) groups is 2. The monoisotopic (exact) mass is 386 g/mol. The Morgan fingerprint density at radius 1 is 1.42 bits per heavy atom. The molecule has 1 aromatic carbocycles. The highest BCUT2D eigenvalue weighted by atomic mass is 35.5. The van der Waals surface area contributed by atoms with Crippen molar-refractivity contribution in [3.05, 3.63) is 22.7 Å². The van der Waals surface area contributed by atoms with Crippen molar-refractivity contribution in [1.82, 2.24) is 5.43 Å². The van der Waals surface area contributed by atoms with Crippen LogP contribution in [0.4, 0.5) is 0 Å². The maximum Gasteiger partial charge on any atom is 0.341 e. The van der Waals surface area contributed by atoms with Gasteiger partial charge in [0.25, 0.3) is 0 Å². The highest BCUT2D eigenvalue weighted by Gasteiger charge is 2.33. The van der Waals surface area contributed by atoms with E-state index < -0.39 is 18.4 Å². The number of hydrogen-bond acceptors (Lipinski definition) is 7. The molecule has 1 heterocycles. The standard InChI is InChI=1S/C16H19ClN2O7/c1-16(25-3-4-26-16)7-13(20)19-18-8-10-5-11(17)15(12(6-10)23-2)24-9-14(21)22/h5-6,8H,3-4,7,9H2,1-2H3,(H,19,20)(H,21,22)/b18-8-. The molecular formula is C16H19ClN2O7. The molecule has 2 rings (SSSR count). The third-order valence-electron chi connectivity index (χ3n) is 3.37. The van der Waals surface area contributed by atoms with Crippen LogP contribution < -0.4 is 14.9 Å². The van der Waals surface area contributed by atoms with Crippen molar-refractivity contribution in [2.24, 2.45) is 5.10 Å². The first kappa shape index (κ1) is 20.0. The van der Waals surface area contributed by atoms with E-state index in [1.165, 1.54) is 19.4 Å². The van der Waals surface area contributed by atoms with Gasteiger partial charge in [0.15, 0.2) is 23.9 Å². The number of carboxylic acids is 1. The number of rotatable bonds is 8. The van der Waals surface area contributed by atoms with Gasteiger partial charge in [0.2, 0.25) is 5.91 Å². The minimum absolute atomic E-state index is 0.0103. The minimum atomic E-state index is -1.14. The van der Waals surface area contributed by atoms with E-state index in [2.05, 4.69) is 10.5 Å². The highest BCUT2D eigenvalue weighted by molar-refractivity contribution is 6.32. The lowest BCUT2D eigenvalue weighted by Crippen LogP contribution is -2.33. The normalized spacial score (nSPS) is 15.8. The number of carbonyl (C=O) groups excluding carboxylic acids is 1. The van der Waals surface area contributed by atoms with Crippen LogP contribution in [0.3, 0.4) is 0 Å². The van der Waals surface area contributed by atoms with Crippen LogP contribution in [0.15, 0.2) is 17.2 Å². The van der Waals surface area contributed by atoms with Crippen LogP contribution in [0.25, 0.3) is 0 Å². The lowest BCUT2D eigenvalue weighted by atomic mass is 10.2. The second-order valence-electron chi connectivity index (χ2n) is 5.52. The van der Waals surface area contributed by atoms with Crippen molar-refractivity contribution in [2.75, 3.05) is 26.9 Å². The number of aliphatic carboxylic acids is 1. The van der Waals surface area contributed by atoms with Gasteiger partial charge in [-0.3, -0.25) is 4.79 Å². The average Bonchev–Trinajstić information content (AvgIpc) is 2.99. The molecule has 142 valence electrons. The molecule has 0 radical (unpaired) electrons. The molecule has 0 unspecified atom stereocenters. The summed E-state index contributed by atoms with van der Waals surface area (Å²) in [6.45, 7) is 2.02. The van der Waals surface area contributed by atoms with E-state index in [1.807, 2.05) is 0 Å². The van der Waals surface area contributed by atoms with Crippen molar-refractivity contribution >= 4 is 29.7 Å². The number of halogens is 1. The van der Waals surface area contributed by atoms with Crippen LogP contribution in [0.5, 0.6) is 11.5 Å². The van der Waals surface area contributed by atoms with Gasteiger partial charge in [-0.05, 0) is 24.6 Å². The Morgan fingerprint density at radius 3 is 2.73 bits per heavy atom. The van der Waals surface area contributed by atoms with Crippen molar-refractivity contribution < 1.29 is 33.6 Å². The Hall–Kier alpha value is -2.36. The highest BCUT2D eigenvalue weighted by Crippen LogP contribution is 2.36. The summed E-state index contributed by atoms with van der Waals surface area (Å²) in [5.74, 6) is -2.09. The van der Waals surface area contributed by atoms with E-state index in [1.54, 1.807) is 13.0 Å². The van der Waals surface area contributed by atoms with Crippen LogP contribution >= 0.6 is 11.6 Å². The predicted octanol–water partition coefficient (Wildman–Crippen LogP) is 1.42. The minimum Gasteiger partial charge on any atom is -0.493 e. The lowest BCUT2D eigenvalue weighted by molar-refractivity contribution is -0.159. The van der Waals surface area contributed by atoms with Crippen LogP contribution in [-0.4, -0.2) is 55.9 Å². The average molecular weight is 387 g/mol. The van der Waals surface area contributed by atoms with E-state index in [0.29, 0.717) is 18.8 Å². The number of benzene rings is 1. The molecule has 1 saturated heterocycles. The van der Waals surface area contributed by atoms with Gasteiger partial charge in [-0.15, -0.1) is 0 Å². The SMILES string of the molecule is COc1cc(/C=N\NC(=O)CC2(C)OCCO2)cc(Cl)c1OCC(=O)O. The molecule has 0 aromatic heterocycles. The van der Waals surface area contributed by atoms with Crippen LogP contribution in [0.1, 0.15) is 18.9 Å². The molecule has 0 aliphatic carbocycles. The molecule has 0 bridgehead atoms. The van der Waals surface area contributed by atoms with E-state index in [0.717, 1.165) is 0 Å². The smallest absolute Gasteiger partial charge is 0.341 e. The molecule has 1 aliphatic rings. The van der Waals surface area contributed by atoms with Gasteiger partial charge >= 0.3 is 5.97 Å².